The van der Waals surface area contributed by atoms with Crippen molar-refractivity contribution in [2.75, 3.05) is 31.1 Å². The van der Waals surface area contributed by atoms with E-state index in [1.54, 1.807) is 18.6 Å². The highest BCUT2D eigenvalue weighted by Crippen LogP contribution is 2.11. The van der Waals surface area contributed by atoms with Crippen molar-refractivity contribution in [3.8, 4) is 0 Å². The minimum absolute atomic E-state index is 0.0174. The third kappa shape index (κ3) is 3.09. The molecule has 1 N–H and O–H groups in total. The summed E-state index contributed by atoms with van der Waals surface area (Å²) in [7, 11) is 0. The van der Waals surface area contributed by atoms with Gasteiger partial charge in [0.2, 0.25) is 0 Å². The number of rotatable bonds is 2. The molecule has 2 heterocycles. The van der Waals surface area contributed by atoms with Crippen molar-refractivity contribution in [3.05, 3.63) is 18.6 Å². The molecule has 6 nitrogen and oxygen atoms in total. The van der Waals surface area contributed by atoms with E-state index in [-0.39, 0.29) is 12.1 Å². The Hall–Kier alpha value is -1.85. The fraction of sp³-hybridized carbons (Fsp3) is 0.583. The lowest BCUT2D eigenvalue weighted by Gasteiger charge is -2.35. The van der Waals surface area contributed by atoms with Crippen LogP contribution in [0.2, 0.25) is 0 Å². The summed E-state index contributed by atoms with van der Waals surface area (Å²) in [6.45, 7) is 6.96. The number of hydrogen-bond donors (Lipinski definition) is 1. The number of carbonyl (C=O) groups is 1. The average molecular weight is 249 g/mol. The van der Waals surface area contributed by atoms with Gasteiger partial charge < -0.3 is 15.1 Å². The van der Waals surface area contributed by atoms with Crippen molar-refractivity contribution in [2.24, 2.45) is 0 Å². The fourth-order valence-corrected chi connectivity index (χ4v) is 1.93. The zero-order valence-corrected chi connectivity index (χ0v) is 10.8. The van der Waals surface area contributed by atoms with Gasteiger partial charge >= 0.3 is 6.03 Å². The second kappa shape index (κ2) is 5.66. The second-order valence-corrected chi connectivity index (χ2v) is 4.64. The Bertz CT molecular complexity index is 387. The number of nitrogens with zero attached hydrogens (tertiary/aromatic N) is 4. The molecule has 1 aliphatic heterocycles. The number of anilines is 1. The molecule has 0 saturated carbocycles. The Morgan fingerprint density at radius 2 is 2.00 bits per heavy atom. The lowest BCUT2D eigenvalue weighted by atomic mass is 10.3. The molecule has 0 spiro atoms. The summed E-state index contributed by atoms with van der Waals surface area (Å²) in [4.78, 5) is 24.1. The van der Waals surface area contributed by atoms with Crippen molar-refractivity contribution < 1.29 is 4.79 Å². The Labute approximate surface area is 107 Å². The van der Waals surface area contributed by atoms with Crippen LogP contribution in [0.1, 0.15) is 13.8 Å². The minimum Gasteiger partial charge on any atom is -0.352 e. The van der Waals surface area contributed by atoms with Crippen LogP contribution in [0.4, 0.5) is 10.6 Å². The highest BCUT2D eigenvalue weighted by molar-refractivity contribution is 5.74. The highest BCUT2D eigenvalue weighted by Gasteiger charge is 2.21. The molecule has 1 aliphatic rings. The van der Waals surface area contributed by atoms with Gasteiger partial charge in [0.25, 0.3) is 0 Å². The lowest BCUT2D eigenvalue weighted by Crippen LogP contribution is -2.53. The van der Waals surface area contributed by atoms with Gasteiger partial charge in [0.05, 0.1) is 6.20 Å². The third-order valence-corrected chi connectivity index (χ3v) is 2.85. The molecule has 98 valence electrons. The van der Waals surface area contributed by atoms with Gasteiger partial charge in [-0.3, -0.25) is 4.98 Å². The fourth-order valence-electron chi connectivity index (χ4n) is 1.93. The van der Waals surface area contributed by atoms with Crippen molar-refractivity contribution in [1.82, 2.24) is 20.2 Å². The Balaban J connectivity index is 1.87. The predicted octanol–water partition coefficient (Wildman–Crippen LogP) is 0.717. The molecule has 1 fully saturated rings. The van der Waals surface area contributed by atoms with Crippen LogP contribution in [-0.2, 0) is 0 Å². The first-order valence-electron chi connectivity index (χ1n) is 6.23. The molecule has 0 unspecified atom stereocenters. The van der Waals surface area contributed by atoms with E-state index in [1.165, 1.54) is 0 Å². The molecule has 1 aromatic heterocycles. The standard InChI is InChI=1S/C12H19N5O/c1-10(2)15-12(18)17-7-5-16(6-8-17)11-9-13-3-4-14-11/h3-4,9-10H,5-8H2,1-2H3,(H,15,18). The monoisotopic (exact) mass is 249 g/mol. The lowest BCUT2D eigenvalue weighted by molar-refractivity contribution is 0.191. The number of carbonyl (C=O) groups excluding carboxylic acids is 1. The van der Waals surface area contributed by atoms with Crippen molar-refractivity contribution in [3.63, 3.8) is 0 Å². The molecule has 18 heavy (non-hydrogen) atoms. The summed E-state index contributed by atoms with van der Waals surface area (Å²) >= 11 is 0. The van der Waals surface area contributed by atoms with Gasteiger partial charge in [-0.25, -0.2) is 9.78 Å². The van der Waals surface area contributed by atoms with Crippen molar-refractivity contribution >= 4 is 11.8 Å². The van der Waals surface area contributed by atoms with Gasteiger partial charge in [0.1, 0.15) is 5.82 Å². The van der Waals surface area contributed by atoms with Crippen LogP contribution in [-0.4, -0.2) is 53.1 Å². The molecule has 0 atom stereocenters. The number of nitrogens with one attached hydrogen (secondary N) is 1. The topological polar surface area (TPSA) is 61.4 Å². The number of aromatic nitrogens is 2. The number of piperazine rings is 1. The summed E-state index contributed by atoms with van der Waals surface area (Å²) in [5.74, 6) is 0.876. The summed E-state index contributed by atoms with van der Waals surface area (Å²) in [6.07, 6.45) is 5.10. The van der Waals surface area contributed by atoms with Crippen LogP contribution >= 0.6 is 0 Å². The number of urea groups is 1. The van der Waals surface area contributed by atoms with Gasteiger partial charge in [-0.05, 0) is 13.8 Å². The summed E-state index contributed by atoms with van der Waals surface area (Å²) in [5, 5.41) is 2.91. The normalized spacial score (nSPS) is 15.9. The maximum absolute atomic E-state index is 11.8. The number of amides is 2. The van der Waals surface area contributed by atoms with Crippen LogP contribution < -0.4 is 10.2 Å². The summed E-state index contributed by atoms with van der Waals surface area (Å²) < 4.78 is 0. The first kappa shape index (κ1) is 12.6. The molecule has 0 radical (unpaired) electrons. The molecule has 0 aromatic carbocycles. The second-order valence-electron chi connectivity index (χ2n) is 4.64. The van der Waals surface area contributed by atoms with E-state index in [0.29, 0.717) is 0 Å². The quantitative estimate of drug-likeness (QED) is 0.839. The van der Waals surface area contributed by atoms with E-state index in [4.69, 9.17) is 0 Å². The molecule has 6 heteroatoms. The molecule has 2 rings (SSSR count). The van der Waals surface area contributed by atoms with Crippen LogP contribution in [0.3, 0.4) is 0 Å². The first-order chi connectivity index (χ1) is 8.66. The van der Waals surface area contributed by atoms with E-state index in [9.17, 15) is 4.79 Å². The van der Waals surface area contributed by atoms with Crippen LogP contribution in [0.5, 0.6) is 0 Å². The van der Waals surface area contributed by atoms with Gasteiger partial charge in [-0.2, -0.15) is 0 Å². The van der Waals surface area contributed by atoms with Gasteiger partial charge in [0.15, 0.2) is 0 Å². The van der Waals surface area contributed by atoms with Crippen molar-refractivity contribution in [1.29, 1.82) is 0 Å². The Morgan fingerprint density at radius 1 is 1.28 bits per heavy atom. The summed E-state index contributed by atoms with van der Waals surface area (Å²) in [6, 6.07) is 0.194. The maximum Gasteiger partial charge on any atom is 0.317 e. The molecular weight excluding hydrogens is 230 g/mol. The Morgan fingerprint density at radius 3 is 2.56 bits per heavy atom. The predicted molar refractivity (Wildman–Crippen MR) is 69.5 cm³/mol. The van der Waals surface area contributed by atoms with E-state index < -0.39 is 0 Å². The van der Waals surface area contributed by atoms with Crippen molar-refractivity contribution in [2.45, 2.75) is 19.9 Å². The molecular formula is C12H19N5O. The van der Waals surface area contributed by atoms with E-state index in [2.05, 4.69) is 20.2 Å². The Kier molecular flexibility index (Phi) is 3.96. The zero-order valence-electron chi connectivity index (χ0n) is 10.8. The molecule has 0 bridgehead atoms. The van der Waals surface area contributed by atoms with E-state index in [0.717, 1.165) is 32.0 Å². The smallest absolute Gasteiger partial charge is 0.317 e. The van der Waals surface area contributed by atoms with Gasteiger partial charge in [0, 0.05) is 44.6 Å². The van der Waals surface area contributed by atoms with Gasteiger partial charge in [-0.1, -0.05) is 0 Å². The summed E-state index contributed by atoms with van der Waals surface area (Å²) in [5.41, 5.74) is 0. The van der Waals surface area contributed by atoms with Gasteiger partial charge in [-0.15, -0.1) is 0 Å². The first-order valence-corrected chi connectivity index (χ1v) is 6.23. The highest BCUT2D eigenvalue weighted by atomic mass is 16.2. The molecule has 1 aromatic rings. The van der Waals surface area contributed by atoms with Crippen LogP contribution in [0.15, 0.2) is 18.6 Å². The van der Waals surface area contributed by atoms with E-state index in [1.807, 2.05) is 18.7 Å². The molecule has 1 saturated heterocycles. The van der Waals surface area contributed by atoms with E-state index >= 15 is 0 Å². The van der Waals surface area contributed by atoms with Crippen LogP contribution in [0, 0.1) is 0 Å². The third-order valence-electron chi connectivity index (χ3n) is 2.85. The van der Waals surface area contributed by atoms with Crippen LogP contribution in [0.25, 0.3) is 0 Å². The SMILES string of the molecule is CC(C)NC(=O)N1CCN(c2cnccn2)CC1. The molecule has 2 amide bonds. The maximum atomic E-state index is 11.8. The zero-order chi connectivity index (χ0) is 13.0. The molecule has 0 aliphatic carbocycles. The largest absolute Gasteiger partial charge is 0.352 e. The average Bonchev–Trinajstić information content (AvgIpc) is 2.39. The number of hydrogen-bond acceptors (Lipinski definition) is 4. The minimum atomic E-state index is 0.0174.